The van der Waals surface area contributed by atoms with Crippen molar-refractivity contribution in [1.29, 1.82) is 0 Å². The summed E-state index contributed by atoms with van der Waals surface area (Å²) in [5.41, 5.74) is 0.0554. The maximum absolute atomic E-state index is 11.2. The Kier molecular flexibility index (Phi) is 5.86. The van der Waals surface area contributed by atoms with Crippen molar-refractivity contribution in [1.82, 2.24) is 4.90 Å². The molecule has 3 aliphatic rings. The van der Waals surface area contributed by atoms with Crippen molar-refractivity contribution in [2.75, 3.05) is 33.9 Å². The summed E-state index contributed by atoms with van der Waals surface area (Å²) in [6.07, 6.45) is 2.10. The molecule has 0 spiro atoms. The summed E-state index contributed by atoms with van der Waals surface area (Å²) >= 11 is 0. The van der Waals surface area contributed by atoms with Gasteiger partial charge in [-0.2, -0.15) is 0 Å². The molecule has 0 saturated carbocycles. The number of aliphatic carboxylic acids is 2. The Morgan fingerprint density at radius 3 is 2.12 bits per heavy atom. The van der Waals surface area contributed by atoms with E-state index in [9.17, 15) is 5.11 Å². The van der Waals surface area contributed by atoms with Crippen LogP contribution in [0.25, 0.3) is 0 Å². The number of carbonyl (C=O) groups is 2. The van der Waals surface area contributed by atoms with Crippen LogP contribution in [0.4, 0.5) is 0 Å². The van der Waals surface area contributed by atoms with Crippen LogP contribution < -0.4 is 9.47 Å². The van der Waals surface area contributed by atoms with Gasteiger partial charge in [-0.05, 0) is 37.9 Å². The van der Waals surface area contributed by atoms with Gasteiger partial charge >= 0.3 is 11.9 Å². The Morgan fingerprint density at radius 1 is 1.12 bits per heavy atom. The van der Waals surface area contributed by atoms with Gasteiger partial charge in [-0.25, -0.2) is 9.59 Å². The summed E-state index contributed by atoms with van der Waals surface area (Å²) in [6, 6.07) is 5.75. The van der Waals surface area contributed by atoms with Crippen molar-refractivity contribution in [2.45, 2.75) is 18.4 Å². The Labute approximate surface area is 145 Å². The zero-order valence-electron chi connectivity index (χ0n) is 14.3. The van der Waals surface area contributed by atoms with E-state index in [0.717, 1.165) is 31.5 Å². The van der Waals surface area contributed by atoms with E-state index in [1.165, 1.54) is 0 Å². The van der Waals surface area contributed by atoms with Gasteiger partial charge in [0.2, 0.25) is 0 Å². The largest absolute Gasteiger partial charge is 0.493 e. The van der Waals surface area contributed by atoms with Crippen LogP contribution in [0.3, 0.4) is 0 Å². The third-order valence-corrected chi connectivity index (χ3v) is 4.78. The fourth-order valence-electron chi connectivity index (χ4n) is 3.57. The molecule has 3 saturated heterocycles. The molecule has 3 N–H and O–H groups in total. The second-order valence-corrected chi connectivity index (χ2v) is 6.13. The second kappa shape index (κ2) is 7.71. The average molecular weight is 353 g/mol. The molecule has 0 radical (unpaired) electrons. The lowest BCUT2D eigenvalue weighted by molar-refractivity contribution is -0.159. The molecule has 138 valence electrons. The molecule has 25 heavy (non-hydrogen) atoms. The topological polar surface area (TPSA) is 117 Å². The second-order valence-electron chi connectivity index (χ2n) is 6.13. The molecule has 3 fully saturated rings. The molecule has 0 amide bonds. The van der Waals surface area contributed by atoms with Crippen molar-refractivity contribution in [3.63, 3.8) is 0 Å². The van der Waals surface area contributed by atoms with E-state index in [2.05, 4.69) is 4.90 Å². The minimum absolute atomic E-state index is 0.318. The van der Waals surface area contributed by atoms with Crippen LogP contribution in [0.15, 0.2) is 18.2 Å². The van der Waals surface area contributed by atoms with E-state index in [0.29, 0.717) is 24.0 Å². The molecule has 1 atom stereocenters. The molecular formula is C17H23NO7. The van der Waals surface area contributed by atoms with E-state index in [4.69, 9.17) is 29.3 Å². The highest BCUT2D eigenvalue weighted by molar-refractivity contribution is 6.27. The lowest BCUT2D eigenvalue weighted by Gasteiger charge is -2.50. The van der Waals surface area contributed by atoms with Crippen molar-refractivity contribution in [2.24, 2.45) is 5.92 Å². The van der Waals surface area contributed by atoms with Crippen molar-refractivity contribution in [3.05, 3.63) is 23.8 Å². The number of piperidine rings is 3. The molecule has 1 aromatic carbocycles. The number of carboxylic acids is 2. The number of benzene rings is 1. The fraction of sp³-hybridized carbons (Fsp3) is 0.529. The zero-order chi connectivity index (χ0) is 18.6. The number of hydrogen-bond acceptors (Lipinski definition) is 6. The van der Waals surface area contributed by atoms with Crippen LogP contribution in [0, 0.1) is 5.92 Å². The number of aliphatic hydroxyl groups is 1. The van der Waals surface area contributed by atoms with Crippen LogP contribution >= 0.6 is 0 Å². The van der Waals surface area contributed by atoms with Gasteiger partial charge < -0.3 is 29.7 Å². The molecule has 3 aliphatic heterocycles. The van der Waals surface area contributed by atoms with E-state index in [1.54, 1.807) is 14.2 Å². The van der Waals surface area contributed by atoms with Gasteiger partial charge in [0.05, 0.1) is 14.2 Å². The summed E-state index contributed by atoms with van der Waals surface area (Å²) < 4.78 is 10.8. The first-order chi connectivity index (χ1) is 11.8. The first kappa shape index (κ1) is 19.0. The van der Waals surface area contributed by atoms with Gasteiger partial charge in [0.25, 0.3) is 0 Å². The maximum Gasteiger partial charge on any atom is 0.414 e. The van der Waals surface area contributed by atoms with Gasteiger partial charge in [0.1, 0.15) is 5.60 Å². The first-order valence-corrected chi connectivity index (χ1v) is 7.96. The molecule has 2 bridgehead atoms. The highest BCUT2D eigenvalue weighted by atomic mass is 16.5. The van der Waals surface area contributed by atoms with E-state index < -0.39 is 17.5 Å². The first-order valence-electron chi connectivity index (χ1n) is 7.96. The molecule has 0 aliphatic carbocycles. The Balaban J connectivity index is 0.000000326. The van der Waals surface area contributed by atoms with Crippen molar-refractivity contribution < 1.29 is 34.4 Å². The monoisotopic (exact) mass is 353 g/mol. The van der Waals surface area contributed by atoms with Gasteiger partial charge in [0.15, 0.2) is 11.5 Å². The summed E-state index contributed by atoms with van der Waals surface area (Å²) in [4.78, 5) is 20.5. The molecule has 0 aromatic heterocycles. The number of para-hydroxylation sites is 1. The summed E-state index contributed by atoms with van der Waals surface area (Å²) in [6.45, 7) is 2.89. The van der Waals surface area contributed by atoms with Crippen LogP contribution in [0.5, 0.6) is 11.5 Å². The van der Waals surface area contributed by atoms with E-state index >= 15 is 0 Å². The Hall–Kier alpha value is -2.32. The lowest BCUT2D eigenvalue weighted by atomic mass is 9.71. The van der Waals surface area contributed by atoms with E-state index in [1.807, 2.05) is 18.2 Å². The van der Waals surface area contributed by atoms with Crippen LogP contribution in [0.2, 0.25) is 0 Å². The Bertz CT molecular complexity index is 628. The highest BCUT2D eigenvalue weighted by Crippen LogP contribution is 2.47. The highest BCUT2D eigenvalue weighted by Gasteiger charge is 2.48. The fourth-order valence-corrected chi connectivity index (χ4v) is 3.57. The summed E-state index contributed by atoms with van der Waals surface area (Å²) in [5.74, 6) is -1.98. The number of carboxylic acid groups (broad SMARTS) is 2. The Morgan fingerprint density at radius 2 is 1.72 bits per heavy atom. The molecule has 8 heteroatoms. The lowest BCUT2D eigenvalue weighted by Crippen LogP contribution is -2.57. The number of fused-ring (bicyclic) bond motifs is 3. The zero-order valence-corrected chi connectivity index (χ0v) is 14.3. The predicted molar refractivity (Wildman–Crippen MR) is 87.9 cm³/mol. The number of nitrogens with zero attached hydrogens (tertiary/aromatic N) is 1. The maximum atomic E-state index is 11.2. The van der Waals surface area contributed by atoms with Crippen molar-refractivity contribution in [3.8, 4) is 11.5 Å². The standard InChI is InChI=1S/C15H21NO3.C2H2O4/c1-18-13-5-3-4-12(14(13)19-2)15(17)10-16-8-6-11(15)7-9-16;3-1(4)2(5)6/h3-5,11,17H,6-10H2,1-2H3;(H,3,4)(H,5,6). The number of hydrogen-bond donors (Lipinski definition) is 3. The smallest absolute Gasteiger partial charge is 0.414 e. The van der Waals surface area contributed by atoms with Gasteiger partial charge in [-0.1, -0.05) is 12.1 Å². The molecule has 4 rings (SSSR count). The van der Waals surface area contributed by atoms with E-state index in [-0.39, 0.29) is 0 Å². The molecule has 1 unspecified atom stereocenters. The normalized spacial score (nSPS) is 27.0. The SMILES string of the molecule is COc1cccc(C2(O)CN3CCC2CC3)c1OC.O=C(O)C(=O)O. The number of methoxy groups -OCH3 is 2. The molecule has 3 heterocycles. The molecular weight excluding hydrogens is 330 g/mol. The minimum atomic E-state index is -1.82. The van der Waals surface area contributed by atoms with Crippen molar-refractivity contribution >= 4 is 11.9 Å². The minimum Gasteiger partial charge on any atom is -0.493 e. The predicted octanol–water partition coefficient (Wildman–Crippen LogP) is 0.773. The molecule has 8 nitrogen and oxygen atoms in total. The summed E-state index contributed by atoms with van der Waals surface area (Å²) in [5, 5.41) is 26.0. The quantitative estimate of drug-likeness (QED) is 0.683. The third-order valence-electron chi connectivity index (χ3n) is 4.78. The van der Waals surface area contributed by atoms with Gasteiger partial charge in [-0.15, -0.1) is 0 Å². The van der Waals surface area contributed by atoms with Crippen LogP contribution in [0.1, 0.15) is 18.4 Å². The van der Waals surface area contributed by atoms with Gasteiger partial charge in [0, 0.05) is 12.1 Å². The number of ether oxygens (including phenoxy) is 2. The molecule has 1 aromatic rings. The number of rotatable bonds is 3. The van der Waals surface area contributed by atoms with Gasteiger partial charge in [-0.3, -0.25) is 0 Å². The third kappa shape index (κ3) is 3.85. The van der Waals surface area contributed by atoms with Crippen LogP contribution in [-0.4, -0.2) is 66.0 Å². The average Bonchev–Trinajstić information content (AvgIpc) is 2.62. The van der Waals surface area contributed by atoms with Crippen LogP contribution in [-0.2, 0) is 15.2 Å². The summed E-state index contributed by atoms with van der Waals surface area (Å²) in [7, 11) is 3.26.